The Hall–Kier alpha value is -1.17. The first-order valence-corrected chi connectivity index (χ1v) is 11.0. The van der Waals surface area contributed by atoms with Gasteiger partial charge in [-0.3, -0.25) is 0 Å². The van der Waals surface area contributed by atoms with Gasteiger partial charge in [0.1, 0.15) is 17.2 Å². The summed E-state index contributed by atoms with van der Waals surface area (Å²) in [5, 5.41) is 0. The van der Waals surface area contributed by atoms with Crippen molar-refractivity contribution in [1.82, 2.24) is 0 Å². The van der Waals surface area contributed by atoms with Gasteiger partial charge in [-0.1, -0.05) is 26.2 Å². The van der Waals surface area contributed by atoms with Crippen molar-refractivity contribution >= 4 is 0 Å². The lowest BCUT2D eigenvalue weighted by atomic mass is 9.65. The van der Waals surface area contributed by atoms with Crippen LogP contribution in [0.1, 0.15) is 88.2 Å². The molecule has 4 unspecified atom stereocenters. The summed E-state index contributed by atoms with van der Waals surface area (Å²) >= 11 is 0. The molecular formula is C23H31F5O. The Balaban J connectivity index is 1.55. The van der Waals surface area contributed by atoms with Crippen molar-refractivity contribution in [3.05, 3.63) is 34.9 Å². The molecule has 0 N–H and O–H groups in total. The van der Waals surface area contributed by atoms with Crippen molar-refractivity contribution in [1.29, 1.82) is 0 Å². The minimum Gasteiger partial charge on any atom is -0.378 e. The second kappa shape index (κ2) is 9.76. The largest absolute Gasteiger partial charge is 0.422 e. The van der Waals surface area contributed by atoms with Crippen molar-refractivity contribution in [2.45, 2.75) is 89.3 Å². The van der Waals surface area contributed by atoms with Crippen LogP contribution in [0.2, 0.25) is 0 Å². The van der Waals surface area contributed by atoms with Gasteiger partial charge in [-0.15, -0.1) is 0 Å². The molecule has 0 aromatic heterocycles. The SMILES string of the molecule is CCCCCCOC1CCC2CC(c3cc(F)c(C(F)(F)F)c(F)c3)CCC2C1. The smallest absolute Gasteiger partial charge is 0.378 e. The van der Waals surface area contributed by atoms with Gasteiger partial charge in [0.05, 0.1) is 6.10 Å². The van der Waals surface area contributed by atoms with E-state index in [2.05, 4.69) is 6.92 Å². The average molecular weight is 418 g/mol. The summed E-state index contributed by atoms with van der Waals surface area (Å²) in [6.45, 7) is 3.00. The van der Waals surface area contributed by atoms with Crippen molar-refractivity contribution in [3.63, 3.8) is 0 Å². The molecule has 164 valence electrons. The summed E-state index contributed by atoms with van der Waals surface area (Å²) in [5.74, 6) is -2.08. The van der Waals surface area contributed by atoms with E-state index in [4.69, 9.17) is 4.74 Å². The molecule has 0 amide bonds. The van der Waals surface area contributed by atoms with Crippen molar-refractivity contribution in [2.24, 2.45) is 11.8 Å². The third-order valence-corrected chi connectivity index (χ3v) is 6.74. The molecule has 0 aliphatic heterocycles. The van der Waals surface area contributed by atoms with E-state index < -0.39 is 23.4 Å². The molecule has 0 radical (unpaired) electrons. The summed E-state index contributed by atoms with van der Waals surface area (Å²) < 4.78 is 72.4. The molecule has 0 spiro atoms. The van der Waals surface area contributed by atoms with E-state index in [1.807, 2.05) is 0 Å². The Labute approximate surface area is 170 Å². The van der Waals surface area contributed by atoms with Gasteiger partial charge in [0.15, 0.2) is 0 Å². The highest BCUT2D eigenvalue weighted by molar-refractivity contribution is 5.31. The number of hydrogen-bond acceptors (Lipinski definition) is 1. The predicted molar refractivity (Wildman–Crippen MR) is 103 cm³/mol. The Kier molecular flexibility index (Phi) is 7.58. The van der Waals surface area contributed by atoms with E-state index in [1.54, 1.807) is 0 Å². The standard InChI is InChI=1S/C23H31F5O/c1-2-3-4-5-10-29-19-9-8-15-11-16(6-7-17(15)12-19)18-13-20(24)22(21(25)14-18)23(26,27)28/h13-17,19H,2-12H2,1H3. The molecule has 1 aromatic carbocycles. The van der Waals surface area contributed by atoms with Crippen LogP contribution >= 0.6 is 0 Å². The zero-order valence-corrected chi connectivity index (χ0v) is 17.0. The van der Waals surface area contributed by atoms with Crippen molar-refractivity contribution < 1.29 is 26.7 Å². The van der Waals surface area contributed by atoms with Crippen LogP contribution in [0.3, 0.4) is 0 Å². The molecule has 0 saturated heterocycles. The van der Waals surface area contributed by atoms with Gasteiger partial charge in [0.25, 0.3) is 0 Å². The van der Waals surface area contributed by atoms with Crippen molar-refractivity contribution in [3.8, 4) is 0 Å². The lowest BCUT2D eigenvalue weighted by Gasteiger charge is -2.42. The van der Waals surface area contributed by atoms with Crippen LogP contribution in [0.5, 0.6) is 0 Å². The second-order valence-corrected chi connectivity index (χ2v) is 8.75. The van der Waals surface area contributed by atoms with Crippen LogP contribution in [-0.4, -0.2) is 12.7 Å². The highest BCUT2D eigenvalue weighted by atomic mass is 19.4. The van der Waals surface area contributed by atoms with Crippen LogP contribution in [0, 0.1) is 23.5 Å². The fourth-order valence-corrected chi connectivity index (χ4v) is 5.18. The maximum absolute atomic E-state index is 14.0. The fourth-order valence-electron chi connectivity index (χ4n) is 5.18. The molecule has 2 saturated carbocycles. The second-order valence-electron chi connectivity index (χ2n) is 8.75. The molecular weight excluding hydrogens is 387 g/mol. The van der Waals surface area contributed by atoms with Gasteiger partial charge in [0, 0.05) is 6.61 Å². The lowest BCUT2D eigenvalue weighted by Crippen LogP contribution is -2.34. The molecule has 6 heteroatoms. The van der Waals surface area contributed by atoms with E-state index in [0.29, 0.717) is 23.5 Å². The molecule has 1 nitrogen and oxygen atoms in total. The van der Waals surface area contributed by atoms with Crippen LogP contribution in [0.25, 0.3) is 0 Å². The highest BCUT2D eigenvalue weighted by Crippen LogP contribution is 2.47. The molecule has 2 aliphatic carbocycles. The molecule has 4 atom stereocenters. The number of alkyl halides is 3. The Morgan fingerprint density at radius 1 is 0.897 bits per heavy atom. The monoisotopic (exact) mass is 418 g/mol. The summed E-state index contributed by atoms with van der Waals surface area (Å²) in [4.78, 5) is 0. The van der Waals surface area contributed by atoms with Gasteiger partial charge < -0.3 is 4.74 Å². The molecule has 29 heavy (non-hydrogen) atoms. The first kappa shape index (κ1) is 22.5. The summed E-state index contributed by atoms with van der Waals surface area (Å²) in [5.41, 5.74) is -1.42. The Bertz CT molecular complexity index is 649. The lowest BCUT2D eigenvalue weighted by molar-refractivity contribution is -0.142. The average Bonchev–Trinajstić information content (AvgIpc) is 2.65. The van der Waals surface area contributed by atoms with Gasteiger partial charge in [-0.25, -0.2) is 8.78 Å². The molecule has 0 heterocycles. The third kappa shape index (κ3) is 5.71. The molecule has 2 aliphatic rings. The van der Waals surface area contributed by atoms with Crippen LogP contribution in [0.4, 0.5) is 22.0 Å². The maximum Gasteiger partial charge on any atom is 0.422 e. The summed E-state index contributed by atoms with van der Waals surface area (Å²) in [7, 11) is 0. The fraction of sp³-hybridized carbons (Fsp3) is 0.739. The number of benzene rings is 1. The topological polar surface area (TPSA) is 9.23 Å². The van der Waals surface area contributed by atoms with E-state index in [0.717, 1.165) is 63.7 Å². The minimum absolute atomic E-state index is 0.0750. The number of hydrogen-bond donors (Lipinski definition) is 0. The number of halogens is 5. The number of fused-ring (bicyclic) bond motifs is 1. The normalized spacial score (nSPS) is 27.7. The first-order valence-electron chi connectivity index (χ1n) is 11.0. The minimum atomic E-state index is -5.01. The molecule has 1 aromatic rings. The van der Waals surface area contributed by atoms with Gasteiger partial charge in [-0.2, -0.15) is 13.2 Å². The maximum atomic E-state index is 14.0. The van der Waals surface area contributed by atoms with Gasteiger partial charge in [0.2, 0.25) is 0 Å². The summed E-state index contributed by atoms with van der Waals surface area (Å²) in [6.07, 6.45) is 5.58. The molecule has 2 fully saturated rings. The Morgan fingerprint density at radius 3 is 2.21 bits per heavy atom. The molecule has 3 rings (SSSR count). The van der Waals surface area contributed by atoms with E-state index >= 15 is 0 Å². The van der Waals surface area contributed by atoms with E-state index in [1.165, 1.54) is 19.3 Å². The van der Waals surface area contributed by atoms with Gasteiger partial charge >= 0.3 is 6.18 Å². The first-order chi connectivity index (χ1) is 13.8. The quantitative estimate of drug-likeness (QED) is 0.327. The van der Waals surface area contributed by atoms with E-state index in [-0.39, 0.29) is 5.92 Å². The number of ether oxygens (including phenoxy) is 1. The third-order valence-electron chi connectivity index (χ3n) is 6.74. The Morgan fingerprint density at radius 2 is 1.55 bits per heavy atom. The highest BCUT2D eigenvalue weighted by Gasteiger charge is 2.40. The van der Waals surface area contributed by atoms with Crippen LogP contribution in [0.15, 0.2) is 12.1 Å². The van der Waals surface area contributed by atoms with Crippen LogP contribution < -0.4 is 0 Å². The zero-order chi connectivity index (χ0) is 21.0. The summed E-state index contributed by atoms with van der Waals surface area (Å²) in [6, 6.07) is 1.78. The number of unbranched alkanes of at least 4 members (excludes halogenated alkanes) is 3. The van der Waals surface area contributed by atoms with Crippen molar-refractivity contribution in [2.75, 3.05) is 6.61 Å². The van der Waals surface area contributed by atoms with Gasteiger partial charge in [-0.05, 0) is 80.4 Å². The predicted octanol–water partition coefficient (Wildman–Crippen LogP) is 7.63. The molecule has 0 bridgehead atoms. The number of rotatable bonds is 7. The van der Waals surface area contributed by atoms with Crippen LogP contribution in [-0.2, 0) is 10.9 Å². The van der Waals surface area contributed by atoms with E-state index in [9.17, 15) is 22.0 Å². The zero-order valence-electron chi connectivity index (χ0n) is 17.0.